The number of hydrogen-bond donors (Lipinski definition) is 0. The number of hydrogen-bond acceptors (Lipinski definition) is 4. The number of benzene rings is 1. The number of esters is 1. The third-order valence-electron chi connectivity index (χ3n) is 4.23. The molecule has 1 aromatic carbocycles. The molecule has 0 spiro atoms. The number of ether oxygens (including phenoxy) is 2. The molecule has 0 amide bonds. The lowest BCUT2D eigenvalue weighted by Gasteiger charge is -2.24. The molecule has 0 bridgehead atoms. The quantitative estimate of drug-likeness (QED) is 0.755. The minimum Gasteiger partial charge on any atom is -0.493 e. The average molecular weight is 291 g/mol. The smallest absolute Gasteiger partial charge is 0.312 e. The van der Waals surface area contributed by atoms with Gasteiger partial charge in [-0.25, -0.2) is 0 Å². The van der Waals surface area contributed by atoms with Crippen molar-refractivity contribution in [1.29, 1.82) is 0 Å². The number of para-hydroxylation sites is 1. The first kappa shape index (κ1) is 15.8. The minimum atomic E-state index is -0.195. The first-order chi connectivity index (χ1) is 10.1. The maximum Gasteiger partial charge on any atom is 0.312 e. The van der Waals surface area contributed by atoms with Crippen LogP contribution in [0, 0.1) is 11.8 Å². The van der Waals surface area contributed by atoms with E-state index in [0.717, 1.165) is 25.3 Å². The molecule has 4 nitrogen and oxygen atoms in total. The zero-order chi connectivity index (χ0) is 15.2. The maximum atomic E-state index is 12.1. The van der Waals surface area contributed by atoms with Crippen LogP contribution in [-0.4, -0.2) is 43.7 Å². The van der Waals surface area contributed by atoms with Crippen molar-refractivity contribution in [3.05, 3.63) is 30.3 Å². The first-order valence-electron chi connectivity index (χ1n) is 7.61. The number of methoxy groups -OCH3 is 1. The Morgan fingerprint density at radius 3 is 2.62 bits per heavy atom. The highest BCUT2D eigenvalue weighted by molar-refractivity contribution is 5.73. The van der Waals surface area contributed by atoms with E-state index in [1.165, 1.54) is 7.11 Å². The van der Waals surface area contributed by atoms with Gasteiger partial charge in [-0.05, 0) is 44.9 Å². The second kappa shape index (κ2) is 7.46. The number of rotatable bonds is 6. The van der Waals surface area contributed by atoms with Gasteiger partial charge in [-0.1, -0.05) is 18.2 Å². The van der Waals surface area contributed by atoms with E-state index in [1.54, 1.807) is 0 Å². The third-order valence-corrected chi connectivity index (χ3v) is 4.23. The van der Waals surface area contributed by atoms with Gasteiger partial charge >= 0.3 is 5.97 Å². The first-order valence-corrected chi connectivity index (χ1v) is 7.61. The van der Waals surface area contributed by atoms with Crippen LogP contribution >= 0.6 is 0 Å². The predicted octanol–water partition coefficient (Wildman–Crippen LogP) is 2.58. The highest BCUT2D eigenvalue weighted by Gasteiger charge is 2.35. The Balaban J connectivity index is 1.97. The van der Waals surface area contributed by atoms with E-state index in [2.05, 4.69) is 18.7 Å². The van der Waals surface area contributed by atoms with Crippen LogP contribution in [-0.2, 0) is 9.53 Å². The molecule has 1 fully saturated rings. The Morgan fingerprint density at radius 1 is 1.33 bits per heavy atom. The molecule has 0 saturated carbocycles. The summed E-state index contributed by atoms with van der Waals surface area (Å²) in [5, 5.41) is 0. The molecule has 21 heavy (non-hydrogen) atoms. The summed E-state index contributed by atoms with van der Waals surface area (Å²) in [4.78, 5) is 14.5. The molecule has 1 saturated heterocycles. The zero-order valence-corrected chi connectivity index (χ0v) is 13.1. The van der Waals surface area contributed by atoms with Crippen molar-refractivity contribution < 1.29 is 14.3 Å². The van der Waals surface area contributed by atoms with Crippen LogP contribution in [0.2, 0.25) is 0 Å². The molecule has 1 aliphatic rings. The molecular weight excluding hydrogens is 266 g/mol. The molecule has 0 N–H and O–H groups in total. The summed E-state index contributed by atoms with van der Waals surface area (Å²) in [7, 11) is 1.45. The van der Waals surface area contributed by atoms with Crippen molar-refractivity contribution in [2.45, 2.75) is 26.3 Å². The summed E-state index contributed by atoms with van der Waals surface area (Å²) in [5.41, 5.74) is 0. The SMILES string of the molecule is COC(=O)C(COc1ccccc1)C1CCN(C(C)C)C1. The molecule has 1 aromatic rings. The molecule has 2 atom stereocenters. The van der Waals surface area contributed by atoms with Gasteiger partial charge in [0, 0.05) is 12.6 Å². The van der Waals surface area contributed by atoms with Gasteiger partial charge in [0.2, 0.25) is 0 Å². The predicted molar refractivity (Wildman–Crippen MR) is 82.3 cm³/mol. The van der Waals surface area contributed by atoms with Crippen molar-refractivity contribution in [3.63, 3.8) is 0 Å². The lowest BCUT2D eigenvalue weighted by molar-refractivity contribution is -0.148. The summed E-state index contributed by atoms with van der Waals surface area (Å²) >= 11 is 0. The van der Waals surface area contributed by atoms with Gasteiger partial charge < -0.3 is 14.4 Å². The summed E-state index contributed by atoms with van der Waals surface area (Å²) in [6.07, 6.45) is 1.02. The molecule has 116 valence electrons. The highest BCUT2D eigenvalue weighted by Crippen LogP contribution is 2.27. The van der Waals surface area contributed by atoms with E-state index in [0.29, 0.717) is 18.6 Å². The molecule has 4 heteroatoms. The van der Waals surface area contributed by atoms with Crippen LogP contribution in [0.3, 0.4) is 0 Å². The largest absolute Gasteiger partial charge is 0.493 e. The summed E-state index contributed by atoms with van der Waals surface area (Å²) < 4.78 is 10.8. The Bertz CT molecular complexity index is 447. The van der Waals surface area contributed by atoms with E-state index in [1.807, 2.05) is 30.3 Å². The van der Waals surface area contributed by atoms with Crippen LogP contribution in [0.4, 0.5) is 0 Å². The van der Waals surface area contributed by atoms with Crippen molar-refractivity contribution in [2.24, 2.45) is 11.8 Å². The van der Waals surface area contributed by atoms with E-state index >= 15 is 0 Å². The van der Waals surface area contributed by atoms with E-state index in [4.69, 9.17) is 9.47 Å². The molecule has 2 rings (SSSR count). The number of nitrogens with zero attached hydrogens (tertiary/aromatic N) is 1. The van der Waals surface area contributed by atoms with E-state index < -0.39 is 0 Å². The van der Waals surface area contributed by atoms with Crippen molar-refractivity contribution in [2.75, 3.05) is 26.8 Å². The molecule has 0 aromatic heterocycles. The molecule has 2 unspecified atom stereocenters. The number of likely N-dealkylation sites (tertiary alicyclic amines) is 1. The van der Waals surface area contributed by atoms with Gasteiger partial charge in [0.15, 0.2) is 0 Å². The third kappa shape index (κ3) is 4.21. The fourth-order valence-corrected chi connectivity index (χ4v) is 2.86. The fourth-order valence-electron chi connectivity index (χ4n) is 2.86. The molecule has 1 heterocycles. The second-order valence-electron chi connectivity index (χ2n) is 5.89. The van der Waals surface area contributed by atoms with Crippen molar-refractivity contribution in [1.82, 2.24) is 4.90 Å². The molecule has 0 aliphatic carbocycles. The minimum absolute atomic E-state index is 0.165. The monoisotopic (exact) mass is 291 g/mol. The fraction of sp³-hybridized carbons (Fsp3) is 0.588. The van der Waals surface area contributed by atoms with E-state index in [9.17, 15) is 4.79 Å². The maximum absolute atomic E-state index is 12.1. The molecule has 1 aliphatic heterocycles. The second-order valence-corrected chi connectivity index (χ2v) is 5.89. The Morgan fingerprint density at radius 2 is 2.05 bits per heavy atom. The lowest BCUT2D eigenvalue weighted by atomic mass is 9.92. The van der Waals surface area contributed by atoms with Crippen molar-refractivity contribution >= 4 is 5.97 Å². The zero-order valence-electron chi connectivity index (χ0n) is 13.1. The Kier molecular flexibility index (Phi) is 5.62. The number of carbonyl (C=O) groups is 1. The highest BCUT2D eigenvalue weighted by atomic mass is 16.5. The lowest BCUT2D eigenvalue weighted by Crippen LogP contribution is -2.34. The average Bonchev–Trinajstić information content (AvgIpc) is 2.98. The normalized spacial score (nSPS) is 20.5. The van der Waals surface area contributed by atoms with Gasteiger partial charge in [0.1, 0.15) is 12.4 Å². The summed E-state index contributed by atoms with van der Waals surface area (Å²) in [6, 6.07) is 10.1. The van der Waals surface area contributed by atoms with Crippen molar-refractivity contribution in [3.8, 4) is 5.75 Å². The Hall–Kier alpha value is -1.55. The van der Waals surface area contributed by atoms with Gasteiger partial charge in [0.05, 0.1) is 13.0 Å². The van der Waals surface area contributed by atoms with Gasteiger partial charge in [-0.3, -0.25) is 4.79 Å². The van der Waals surface area contributed by atoms with Gasteiger partial charge in [0.25, 0.3) is 0 Å². The van der Waals surface area contributed by atoms with Crippen LogP contribution < -0.4 is 4.74 Å². The van der Waals surface area contributed by atoms with E-state index in [-0.39, 0.29) is 11.9 Å². The summed E-state index contributed by atoms with van der Waals surface area (Å²) in [5.74, 6) is 0.745. The number of carbonyl (C=O) groups excluding carboxylic acids is 1. The van der Waals surface area contributed by atoms with Crippen LogP contribution in [0.5, 0.6) is 5.75 Å². The van der Waals surface area contributed by atoms with Crippen LogP contribution in [0.25, 0.3) is 0 Å². The van der Waals surface area contributed by atoms with Gasteiger partial charge in [-0.15, -0.1) is 0 Å². The molecular formula is C17H25NO3. The molecule has 0 radical (unpaired) electrons. The van der Waals surface area contributed by atoms with Crippen LogP contribution in [0.15, 0.2) is 30.3 Å². The Labute approximate surface area is 127 Å². The summed E-state index contributed by atoms with van der Waals surface area (Å²) in [6.45, 7) is 6.75. The van der Waals surface area contributed by atoms with Crippen LogP contribution in [0.1, 0.15) is 20.3 Å². The standard InChI is InChI=1S/C17H25NO3/c1-13(2)18-10-9-14(11-18)16(17(19)20-3)12-21-15-7-5-4-6-8-15/h4-8,13-14,16H,9-12H2,1-3H3. The topological polar surface area (TPSA) is 38.8 Å². The van der Waals surface area contributed by atoms with Gasteiger partial charge in [-0.2, -0.15) is 0 Å².